The second-order valence-electron chi connectivity index (χ2n) is 3.89. The molecule has 0 aromatic heterocycles. The molecule has 1 N–H and O–H groups in total. The number of rotatable bonds is 2. The zero-order chi connectivity index (χ0) is 11.7. The first-order valence-electron chi connectivity index (χ1n) is 6.26. The van der Waals surface area contributed by atoms with Crippen molar-refractivity contribution in [3.05, 3.63) is 23.3 Å². The van der Waals surface area contributed by atoms with E-state index in [4.69, 9.17) is 0 Å². The summed E-state index contributed by atoms with van der Waals surface area (Å²) in [5, 5.41) is 3.40. The highest BCUT2D eigenvalue weighted by atomic mass is 14.9. The van der Waals surface area contributed by atoms with Crippen molar-refractivity contribution in [3.8, 4) is 0 Å². The van der Waals surface area contributed by atoms with Crippen LogP contribution < -0.4 is 5.32 Å². The Hall–Kier alpha value is -0.560. The van der Waals surface area contributed by atoms with Gasteiger partial charge in [0, 0.05) is 0 Å². The van der Waals surface area contributed by atoms with Crippen LogP contribution in [0.4, 0.5) is 0 Å². The summed E-state index contributed by atoms with van der Waals surface area (Å²) in [6.07, 6.45) is 6.96. The molecule has 0 atom stereocenters. The molecule has 0 aliphatic carbocycles. The molecule has 1 aliphatic heterocycles. The molecule has 1 heterocycles. The van der Waals surface area contributed by atoms with Crippen molar-refractivity contribution in [1.82, 2.24) is 5.32 Å². The van der Waals surface area contributed by atoms with Gasteiger partial charge >= 0.3 is 0 Å². The number of nitrogens with one attached hydrogen (secondary N) is 1. The molecule has 0 radical (unpaired) electrons. The van der Waals surface area contributed by atoms with Gasteiger partial charge in [-0.25, -0.2) is 0 Å². The quantitative estimate of drug-likeness (QED) is 0.680. The van der Waals surface area contributed by atoms with Crippen molar-refractivity contribution in [2.75, 3.05) is 13.1 Å². The standard InChI is InChI=1S/C12H21N.C2H6/c1-4-5-10(2)11(3)12-6-8-13-9-7-12;1-2/h4-5,12-13H,6-9H2,1-3H3;1-2H3/b5-4-,11-10+;. The third-order valence-corrected chi connectivity index (χ3v) is 2.99. The third kappa shape index (κ3) is 5.17. The molecule has 1 heteroatoms. The predicted octanol–water partition coefficient (Wildman–Crippen LogP) is 3.92. The Morgan fingerprint density at radius 2 is 1.67 bits per heavy atom. The van der Waals surface area contributed by atoms with Crippen LogP contribution in [-0.4, -0.2) is 13.1 Å². The summed E-state index contributed by atoms with van der Waals surface area (Å²) < 4.78 is 0. The fourth-order valence-electron chi connectivity index (χ4n) is 1.96. The lowest BCUT2D eigenvalue weighted by atomic mass is 9.88. The average molecular weight is 209 g/mol. The topological polar surface area (TPSA) is 12.0 Å². The lowest BCUT2D eigenvalue weighted by molar-refractivity contribution is 0.418. The van der Waals surface area contributed by atoms with Gasteiger partial charge < -0.3 is 5.32 Å². The van der Waals surface area contributed by atoms with E-state index in [-0.39, 0.29) is 0 Å². The monoisotopic (exact) mass is 209 g/mol. The van der Waals surface area contributed by atoms with Gasteiger partial charge in [0.05, 0.1) is 0 Å². The molecule has 0 bridgehead atoms. The van der Waals surface area contributed by atoms with Crippen molar-refractivity contribution >= 4 is 0 Å². The van der Waals surface area contributed by atoms with Crippen LogP contribution in [0.25, 0.3) is 0 Å². The number of allylic oxidation sites excluding steroid dienone is 4. The Labute approximate surface area is 95.7 Å². The molecule has 88 valence electrons. The van der Waals surface area contributed by atoms with E-state index in [9.17, 15) is 0 Å². The molecule has 1 rings (SSSR count). The van der Waals surface area contributed by atoms with Crippen LogP contribution >= 0.6 is 0 Å². The minimum atomic E-state index is 0.817. The van der Waals surface area contributed by atoms with Crippen molar-refractivity contribution in [1.29, 1.82) is 0 Å². The van der Waals surface area contributed by atoms with Crippen LogP contribution in [0.5, 0.6) is 0 Å². The SMILES string of the molecule is C/C=C\C(C)=C(/C)C1CCNCC1.CC. The Morgan fingerprint density at radius 3 is 2.13 bits per heavy atom. The molecule has 1 nitrogen and oxygen atoms in total. The minimum absolute atomic E-state index is 0.817. The summed E-state index contributed by atoms with van der Waals surface area (Å²) in [7, 11) is 0. The molecule has 1 fully saturated rings. The van der Waals surface area contributed by atoms with Crippen LogP contribution in [-0.2, 0) is 0 Å². The Bertz CT molecular complexity index is 207. The van der Waals surface area contributed by atoms with Gasteiger partial charge in [-0.2, -0.15) is 0 Å². The number of hydrogen-bond donors (Lipinski definition) is 1. The van der Waals surface area contributed by atoms with E-state index in [2.05, 4.69) is 38.2 Å². The zero-order valence-electron chi connectivity index (χ0n) is 11.1. The zero-order valence-corrected chi connectivity index (χ0v) is 11.1. The second kappa shape index (κ2) is 8.72. The molecular formula is C14H27N. The lowest BCUT2D eigenvalue weighted by Crippen LogP contribution is -2.28. The van der Waals surface area contributed by atoms with Crippen LogP contribution in [0.2, 0.25) is 0 Å². The smallest absolute Gasteiger partial charge is 0.00432 e. The van der Waals surface area contributed by atoms with Crippen molar-refractivity contribution in [2.45, 2.75) is 47.5 Å². The van der Waals surface area contributed by atoms with Crippen LogP contribution in [0.1, 0.15) is 47.5 Å². The maximum absolute atomic E-state index is 3.40. The minimum Gasteiger partial charge on any atom is -0.317 e. The summed E-state index contributed by atoms with van der Waals surface area (Å²) in [5.41, 5.74) is 3.04. The van der Waals surface area contributed by atoms with Gasteiger partial charge in [0.2, 0.25) is 0 Å². The van der Waals surface area contributed by atoms with Crippen LogP contribution in [0.3, 0.4) is 0 Å². The Morgan fingerprint density at radius 1 is 1.13 bits per heavy atom. The highest BCUT2D eigenvalue weighted by Gasteiger charge is 2.15. The molecular weight excluding hydrogens is 182 g/mol. The third-order valence-electron chi connectivity index (χ3n) is 2.99. The molecule has 0 spiro atoms. The molecule has 1 aliphatic rings. The fraction of sp³-hybridized carbons (Fsp3) is 0.714. The lowest BCUT2D eigenvalue weighted by Gasteiger charge is -2.24. The maximum Gasteiger partial charge on any atom is -0.00432 e. The Balaban J connectivity index is 0.000000921. The van der Waals surface area contributed by atoms with Gasteiger partial charge in [0.1, 0.15) is 0 Å². The molecule has 0 saturated carbocycles. The van der Waals surface area contributed by atoms with E-state index in [1.165, 1.54) is 31.5 Å². The first-order chi connectivity index (χ1) is 7.25. The summed E-state index contributed by atoms with van der Waals surface area (Å²) >= 11 is 0. The first kappa shape index (κ1) is 14.4. The van der Waals surface area contributed by atoms with Crippen LogP contribution in [0.15, 0.2) is 23.3 Å². The van der Waals surface area contributed by atoms with E-state index in [0.29, 0.717) is 0 Å². The van der Waals surface area contributed by atoms with Crippen molar-refractivity contribution < 1.29 is 0 Å². The summed E-state index contributed by atoms with van der Waals surface area (Å²) in [5.74, 6) is 0.817. The first-order valence-corrected chi connectivity index (χ1v) is 6.26. The van der Waals surface area contributed by atoms with Gasteiger partial charge in [-0.05, 0) is 52.6 Å². The normalized spacial score (nSPS) is 19.5. The van der Waals surface area contributed by atoms with Gasteiger partial charge in [-0.1, -0.05) is 37.1 Å². The predicted molar refractivity (Wildman–Crippen MR) is 70.1 cm³/mol. The molecule has 15 heavy (non-hydrogen) atoms. The summed E-state index contributed by atoms with van der Waals surface area (Å²) in [6.45, 7) is 13.0. The molecule has 0 amide bonds. The molecule has 0 aromatic rings. The summed E-state index contributed by atoms with van der Waals surface area (Å²) in [6, 6.07) is 0. The second-order valence-corrected chi connectivity index (χ2v) is 3.89. The largest absolute Gasteiger partial charge is 0.317 e. The molecule has 0 aromatic carbocycles. The molecule has 0 unspecified atom stereocenters. The van der Waals surface area contributed by atoms with E-state index >= 15 is 0 Å². The van der Waals surface area contributed by atoms with E-state index in [1.807, 2.05) is 13.8 Å². The van der Waals surface area contributed by atoms with E-state index < -0.39 is 0 Å². The van der Waals surface area contributed by atoms with Gasteiger partial charge in [-0.3, -0.25) is 0 Å². The number of piperidine rings is 1. The van der Waals surface area contributed by atoms with E-state index in [0.717, 1.165) is 5.92 Å². The highest BCUT2D eigenvalue weighted by Crippen LogP contribution is 2.23. The average Bonchev–Trinajstić information content (AvgIpc) is 2.32. The fourth-order valence-corrected chi connectivity index (χ4v) is 1.96. The maximum atomic E-state index is 3.40. The van der Waals surface area contributed by atoms with Crippen molar-refractivity contribution in [3.63, 3.8) is 0 Å². The van der Waals surface area contributed by atoms with Gasteiger partial charge in [0.15, 0.2) is 0 Å². The van der Waals surface area contributed by atoms with Gasteiger partial charge in [0.25, 0.3) is 0 Å². The van der Waals surface area contributed by atoms with E-state index in [1.54, 1.807) is 5.57 Å². The van der Waals surface area contributed by atoms with Crippen molar-refractivity contribution in [2.24, 2.45) is 5.92 Å². The Kier molecular flexibility index (Phi) is 8.40. The van der Waals surface area contributed by atoms with Crippen LogP contribution in [0, 0.1) is 5.92 Å². The molecule has 1 saturated heterocycles. The van der Waals surface area contributed by atoms with Gasteiger partial charge in [-0.15, -0.1) is 0 Å². The highest BCUT2D eigenvalue weighted by molar-refractivity contribution is 5.24. The summed E-state index contributed by atoms with van der Waals surface area (Å²) in [4.78, 5) is 0. The number of hydrogen-bond acceptors (Lipinski definition) is 1.